The molecular formula is C19H22N4OS. The van der Waals surface area contributed by atoms with Gasteiger partial charge in [-0.2, -0.15) is 0 Å². The van der Waals surface area contributed by atoms with Gasteiger partial charge in [0.2, 0.25) is 0 Å². The molecule has 0 bridgehead atoms. The first kappa shape index (κ1) is 16.4. The number of hydrogen-bond donors (Lipinski definition) is 0. The Balaban J connectivity index is 1.58. The molecule has 3 heterocycles. The molecule has 4 rings (SSSR count). The molecule has 0 aromatic carbocycles. The number of rotatable bonds is 6. The Hall–Kier alpha value is -2.08. The van der Waals surface area contributed by atoms with E-state index in [1.807, 2.05) is 42.2 Å². The zero-order valence-corrected chi connectivity index (χ0v) is 15.0. The van der Waals surface area contributed by atoms with Gasteiger partial charge in [0.1, 0.15) is 5.76 Å². The summed E-state index contributed by atoms with van der Waals surface area (Å²) in [6, 6.07) is 7.85. The molecule has 3 aromatic rings. The summed E-state index contributed by atoms with van der Waals surface area (Å²) in [7, 11) is 0. The lowest BCUT2D eigenvalue weighted by atomic mass is 9.91. The third-order valence-corrected chi connectivity index (χ3v) is 5.90. The summed E-state index contributed by atoms with van der Waals surface area (Å²) >= 11 is 1.82. The average molecular weight is 354 g/mol. The van der Waals surface area contributed by atoms with Gasteiger partial charge >= 0.3 is 0 Å². The highest BCUT2D eigenvalue weighted by Gasteiger charge is 2.19. The minimum atomic E-state index is 0.636. The summed E-state index contributed by atoms with van der Waals surface area (Å²) in [6.07, 6.45) is 12.1. The van der Waals surface area contributed by atoms with Crippen LogP contribution in [0.5, 0.6) is 0 Å². The van der Waals surface area contributed by atoms with E-state index in [1.165, 1.54) is 32.1 Å². The Bertz CT molecular complexity index is 779. The van der Waals surface area contributed by atoms with E-state index in [4.69, 9.17) is 4.42 Å². The van der Waals surface area contributed by atoms with Gasteiger partial charge in [-0.1, -0.05) is 31.0 Å². The van der Waals surface area contributed by atoms with Crippen molar-refractivity contribution >= 4 is 11.8 Å². The van der Waals surface area contributed by atoms with E-state index in [0.29, 0.717) is 6.54 Å². The van der Waals surface area contributed by atoms with Crippen LogP contribution >= 0.6 is 11.8 Å². The fraction of sp³-hybridized carbons (Fsp3) is 0.421. The molecule has 1 saturated carbocycles. The molecule has 6 heteroatoms. The van der Waals surface area contributed by atoms with Crippen LogP contribution in [0.3, 0.4) is 0 Å². The molecule has 3 aromatic heterocycles. The number of furan rings is 1. The second-order valence-corrected chi connectivity index (χ2v) is 7.52. The Morgan fingerprint density at radius 3 is 2.80 bits per heavy atom. The van der Waals surface area contributed by atoms with Gasteiger partial charge in [-0.15, -0.1) is 10.2 Å². The van der Waals surface area contributed by atoms with E-state index in [9.17, 15) is 0 Å². The van der Waals surface area contributed by atoms with E-state index in [1.54, 1.807) is 12.5 Å². The monoisotopic (exact) mass is 354 g/mol. The van der Waals surface area contributed by atoms with Crippen LogP contribution in [0.1, 0.15) is 37.9 Å². The number of pyridine rings is 1. The second-order valence-electron chi connectivity index (χ2n) is 6.53. The van der Waals surface area contributed by atoms with Crippen molar-refractivity contribution in [1.82, 2.24) is 19.7 Å². The van der Waals surface area contributed by atoms with E-state index < -0.39 is 0 Å². The van der Waals surface area contributed by atoms with Gasteiger partial charge in [0.05, 0.1) is 12.8 Å². The normalized spacial score (nSPS) is 15.5. The first-order chi connectivity index (χ1) is 12.4. The third-order valence-electron chi connectivity index (χ3n) is 4.70. The molecule has 5 nitrogen and oxygen atoms in total. The summed E-state index contributed by atoms with van der Waals surface area (Å²) in [5.74, 6) is 3.66. The zero-order valence-electron chi connectivity index (χ0n) is 14.2. The van der Waals surface area contributed by atoms with Gasteiger partial charge in [-0.25, -0.2) is 0 Å². The first-order valence-corrected chi connectivity index (χ1v) is 9.87. The maximum Gasteiger partial charge on any atom is 0.191 e. The lowest BCUT2D eigenvalue weighted by Crippen LogP contribution is -2.10. The molecule has 0 N–H and O–H groups in total. The summed E-state index contributed by atoms with van der Waals surface area (Å²) in [5.41, 5.74) is 0.978. The second kappa shape index (κ2) is 7.87. The van der Waals surface area contributed by atoms with Crippen LogP contribution in [0, 0.1) is 5.92 Å². The smallest absolute Gasteiger partial charge is 0.191 e. The summed E-state index contributed by atoms with van der Waals surface area (Å²) in [5, 5.41) is 9.86. The molecule has 0 atom stereocenters. The van der Waals surface area contributed by atoms with Crippen molar-refractivity contribution in [2.75, 3.05) is 5.75 Å². The van der Waals surface area contributed by atoms with Gasteiger partial charge in [0.25, 0.3) is 0 Å². The predicted molar refractivity (Wildman–Crippen MR) is 98.4 cm³/mol. The molecule has 130 valence electrons. The van der Waals surface area contributed by atoms with Crippen molar-refractivity contribution in [3.8, 4) is 11.4 Å². The third kappa shape index (κ3) is 3.95. The lowest BCUT2D eigenvalue weighted by Gasteiger charge is -2.20. The maximum atomic E-state index is 5.55. The molecular weight excluding hydrogens is 332 g/mol. The highest BCUT2D eigenvalue weighted by atomic mass is 32.2. The Morgan fingerprint density at radius 2 is 2.04 bits per heavy atom. The largest absolute Gasteiger partial charge is 0.467 e. The van der Waals surface area contributed by atoms with Crippen molar-refractivity contribution in [2.24, 2.45) is 5.92 Å². The minimum Gasteiger partial charge on any atom is -0.467 e. The van der Waals surface area contributed by atoms with Crippen LogP contribution < -0.4 is 0 Å². The number of thioether (sulfide) groups is 1. The van der Waals surface area contributed by atoms with E-state index in [2.05, 4.69) is 19.7 Å². The highest BCUT2D eigenvalue weighted by Crippen LogP contribution is 2.31. The van der Waals surface area contributed by atoms with Crippen LogP contribution in [-0.2, 0) is 6.54 Å². The van der Waals surface area contributed by atoms with Gasteiger partial charge in [0, 0.05) is 23.7 Å². The van der Waals surface area contributed by atoms with Crippen molar-refractivity contribution in [3.63, 3.8) is 0 Å². The van der Waals surface area contributed by atoms with E-state index in [-0.39, 0.29) is 0 Å². The van der Waals surface area contributed by atoms with Crippen LogP contribution in [0.25, 0.3) is 11.4 Å². The molecule has 0 saturated heterocycles. The van der Waals surface area contributed by atoms with Gasteiger partial charge in [-0.3, -0.25) is 9.55 Å². The van der Waals surface area contributed by atoms with Crippen molar-refractivity contribution in [2.45, 2.75) is 43.8 Å². The van der Waals surface area contributed by atoms with E-state index >= 15 is 0 Å². The summed E-state index contributed by atoms with van der Waals surface area (Å²) in [4.78, 5) is 4.22. The standard InChI is InChI=1S/C19H22N4OS/c1-2-6-15(7-3-1)14-25-19-22-21-18(16-8-4-10-20-12-16)23(19)13-17-9-5-11-24-17/h4-5,8-12,15H,1-3,6-7,13-14H2. The van der Waals surface area contributed by atoms with E-state index in [0.717, 1.165) is 34.0 Å². The zero-order chi connectivity index (χ0) is 16.9. The Kier molecular flexibility index (Phi) is 5.16. The minimum absolute atomic E-state index is 0.636. The van der Waals surface area contributed by atoms with Crippen LogP contribution in [-0.4, -0.2) is 25.5 Å². The van der Waals surface area contributed by atoms with Crippen LogP contribution in [0.4, 0.5) is 0 Å². The fourth-order valence-corrected chi connectivity index (χ4v) is 4.47. The Morgan fingerprint density at radius 1 is 1.12 bits per heavy atom. The number of aromatic nitrogens is 4. The summed E-state index contributed by atoms with van der Waals surface area (Å²) in [6.45, 7) is 0.636. The molecule has 0 amide bonds. The van der Waals surface area contributed by atoms with Gasteiger partial charge in [0.15, 0.2) is 11.0 Å². The average Bonchev–Trinajstić information content (AvgIpc) is 3.32. The molecule has 25 heavy (non-hydrogen) atoms. The molecule has 0 radical (unpaired) electrons. The SMILES string of the molecule is c1cncc(-c2nnc(SCC3CCCCC3)n2Cc2ccco2)c1. The lowest BCUT2D eigenvalue weighted by molar-refractivity contribution is 0.390. The summed E-state index contributed by atoms with van der Waals surface area (Å²) < 4.78 is 7.69. The number of hydrogen-bond acceptors (Lipinski definition) is 5. The molecule has 1 aliphatic carbocycles. The van der Waals surface area contributed by atoms with Crippen molar-refractivity contribution in [1.29, 1.82) is 0 Å². The Labute approximate surface area is 151 Å². The van der Waals surface area contributed by atoms with Crippen LogP contribution in [0.15, 0.2) is 52.5 Å². The first-order valence-electron chi connectivity index (χ1n) is 8.89. The van der Waals surface area contributed by atoms with Gasteiger partial charge in [-0.05, 0) is 43.0 Å². The van der Waals surface area contributed by atoms with Crippen molar-refractivity contribution < 1.29 is 4.42 Å². The topological polar surface area (TPSA) is 56.7 Å². The molecule has 0 unspecified atom stereocenters. The highest BCUT2D eigenvalue weighted by molar-refractivity contribution is 7.99. The predicted octanol–water partition coefficient (Wildman–Crippen LogP) is 4.65. The molecule has 1 fully saturated rings. The van der Waals surface area contributed by atoms with Crippen molar-refractivity contribution in [3.05, 3.63) is 48.7 Å². The molecule has 0 spiro atoms. The maximum absolute atomic E-state index is 5.55. The van der Waals surface area contributed by atoms with Crippen LogP contribution in [0.2, 0.25) is 0 Å². The molecule has 1 aliphatic rings. The van der Waals surface area contributed by atoms with Gasteiger partial charge < -0.3 is 4.42 Å². The number of nitrogens with zero attached hydrogens (tertiary/aromatic N) is 4. The quantitative estimate of drug-likeness (QED) is 0.603. The fourth-order valence-electron chi connectivity index (χ4n) is 3.35. The molecule has 0 aliphatic heterocycles.